The topological polar surface area (TPSA) is 52.7 Å². The molecule has 0 spiro atoms. The molecule has 2 heterocycles. The minimum Gasteiger partial charge on any atom is -0.342 e. The molecule has 1 N–H and O–H groups in total. The number of aryl methyl sites for hydroxylation is 1. The largest absolute Gasteiger partial charge is 0.342 e. The Bertz CT molecular complexity index is 969. The van der Waals surface area contributed by atoms with Crippen LogP contribution in [-0.2, 0) is 11.2 Å². The fourth-order valence-electron chi connectivity index (χ4n) is 5.66. The van der Waals surface area contributed by atoms with Crippen LogP contribution in [0.1, 0.15) is 68.2 Å². The van der Waals surface area contributed by atoms with Gasteiger partial charge < -0.3 is 15.1 Å². The Labute approximate surface area is 210 Å². The van der Waals surface area contributed by atoms with Crippen LogP contribution in [0.3, 0.4) is 0 Å². The first-order valence-electron chi connectivity index (χ1n) is 13.5. The zero-order chi connectivity index (χ0) is 24.6. The van der Waals surface area contributed by atoms with Crippen LogP contribution >= 0.6 is 0 Å². The van der Waals surface area contributed by atoms with Crippen molar-refractivity contribution in [3.05, 3.63) is 71.3 Å². The maximum atomic E-state index is 13.5. The quantitative estimate of drug-likeness (QED) is 0.519. The van der Waals surface area contributed by atoms with Crippen LogP contribution in [-0.4, -0.2) is 47.9 Å². The molecule has 2 aliphatic rings. The van der Waals surface area contributed by atoms with Crippen LogP contribution in [0.2, 0.25) is 0 Å². The van der Waals surface area contributed by atoms with Crippen LogP contribution in [0.15, 0.2) is 54.6 Å². The van der Waals surface area contributed by atoms with E-state index in [-0.39, 0.29) is 23.9 Å². The van der Waals surface area contributed by atoms with Crippen molar-refractivity contribution >= 4 is 11.9 Å². The number of hydrogen-bond donors (Lipinski definition) is 1. The number of hydrogen-bond acceptors (Lipinski definition) is 2. The summed E-state index contributed by atoms with van der Waals surface area (Å²) in [4.78, 5) is 30.7. The third kappa shape index (κ3) is 6.65. The van der Waals surface area contributed by atoms with E-state index in [2.05, 4.69) is 78.7 Å². The van der Waals surface area contributed by atoms with Crippen molar-refractivity contribution in [2.24, 2.45) is 11.8 Å². The summed E-state index contributed by atoms with van der Waals surface area (Å²) in [7, 11) is 0. The lowest BCUT2D eigenvalue weighted by Gasteiger charge is -2.42. The summed E-state index contributed by atoms with van der Waals surface area (Å²) in [6.07, 6.45) is 6.88. The molecule has 0 aliphatic carbocycles. The van der Waals surface area contributed by atoms with E-state index >= 15 is 0 Å². The Morgan fingerprint density at radius 2 is 1.74 bits per heavy atom. The smallest absolute Gasteiger partial charge is 0.317 e. The minimum atomic E-state index is -0.112. The molecule has 0 radical (unpaired) electrons. The van der Waals surface area contributed by atoms with Gasteiger partial charge in [0.15, 0.2) is 0 Å². The number of benzene rings is 2. The lowest BCUT2D eigenvalue weighted by Crippen LogP contribution is -2.52. The molecule has 3 amide bonds. The van der Waals surface area contributed by atoms with E-state index in [1.54, 1.807) is 0 Å². The van der Waals surface area contributed by atoms with Crippen molar-refractivity contribution in [2.45, 2.75) is 64.8 Å². The first kappa shape index (κ1) is 25.3. The number of nitrogens with zero attached hydrogens (tertiary/aromatic N) is 2. The van der Waals surface area contributed by atoms with Gasteiger partial charge in [-0.25, -0.2) is 4.79 Å². The molecule has 2 atom stereocenters. The SMILES string of the molecule is CCCCNC(=O)N1CC(C(=O)N2CCC(Cc3ccccc3)CC2)CCC1c1cccc(C)c1. The molecule has 2 unspecified atom stereocenters. The van der Waals surface area contributed by atoms with E-state index in [1.165, 1.54) is 16.7 Å². The second-order valence-electron chi connectivity index (χ2n) is 10.4. The second kappa shape index (κ2) is 12.2. The molecule has 2 aromatic rings. The normalized spacial score (nSPS) is 21.1. The van der Waals surface area contributed by atoms with E-state index in [9.17, 15) is 9.59 Å². The lowest BCUT2D eigenvalue weighted by atomic mass is 9.86. The molecule has 0 bridgehead atoms. The molecule has 35 heavy (non-hydrogen) atoms. The second-order valence-corrected chi connectivity index (χ2v) is 10.4. The fourth-order valence-corrected chi connectivity index (χ4v) is 5.66. The number of carbonyl (C=O) groups excluding carboxylic acids is 2. The Kier molecular flexibility index (Phi) is 8.84. The fraction of sp³-hybridized carbons (Fsp3) is 0.533. The predicted octanol–water partition coefficient (Wildman–Crippen LogP) is 5.74. The van der Waals surface area contributed by atoms with Crippen molar-refractivity contribution in [1.82, 2.24) is 15.1 Å². The van der Waals surface area contributed by atoms with E-state index in [0.29, 0.717) is 19.0 Å². The third-order valence-corrected chi connectivity index (χ3v) is 7.72. The molecule has 2 fully saturated rings. The number of unbranched alkanes of at least 4 members (excludes halogenated alkanes) is 1. The average Bonchev–Trinajstić information content (AvgIpc) is 2.89. The van der Waals surface area contributed by atoms with Crippen LogP contribution in [0.5, 0.6) is 0 Å². The van der Waals surface area contributed by atoms with Gasteiger partial charge in [-0.05, 0) is 62.5 Å². The van der Waals surface area contributed by atoms with Gasteiger partial charge in [0.25, 0.3) is 0 Å². The van der Waals surface area contributed by atoms with E-state index < -0.39 is 0 Å². The molecule has 2 saturated heterocycles. The predicted molar refractivity (Wildman–Crippen MR) is 141 cm³/mol. The van der Waals surface area contributed by atoms with E-state index in [0.717, 1.165) is 58.0 Å². The van der Waals surface area contributed by atoms with Crippen LogP contribution in [0.25, 0.3) is 0 Å². The number of rotatable bonds is 7. The number of likely N-dealkylation sites (tertiary alicyclic amines) is 2. The van der Waals surface area contributed by atoms with Gasteiger partial charge in [0.1, 0.15) is 0 Å². The highest BCUT2D eigenvalue weighted by atomic mass is 16.2. The zero-order valence-electron chi connectivity index (χ0n) is 21.4. The highest BCUT2D eigenvalue weighted by molar-refractivity contribution is 5.81. The van der Waals surface area contributed by atoms with Crippen LogP contribution in [0, 0.1) is 18.8 Å². The summed E-state index contributed by atoms with van der Waals surface area (Å²) < 4.78 is 0. The summed E-state index contributed by atoms with van der Waals surface area (Å²) in [6, 6.07) is 19.1. The molecule has 2 aromatic carbocycles. The first-order chi connectivity index (χ1) is 17.0. The van der Waals surface area contributed by atoms with Crippen LogP contribution in [0.4, 0.5) is 4.79 Å². The Hall–Kier alpha value is -2.82. The Balaban J connectivity index is 1.38. The molecular formula is C30H41N3O2. The van der Waals surface area contributed by atoms with Crippen molar-refractivity contribution < 1.29 is 9.59 Å². The van der Waals surface area contributed by atoms with Gasteiger partial charge >= 0.3 is 6.03 Å². The maximum Gasteiger partial charge on any atom is 0.317 e. The van der Waals surface area contributed by atoms with Crippen LogP contribution < -0.4 is 5.32 Å². The number of carbonyl (C=O) groups is 2. The van der Waals surface area contributed by atoms with Crippen molar-refractivity contribution in [2.75, 3.05) is 26.2 Å². The number of amides is 3. The van der Waals surface area contributed by atoms with Gasteiger partial charge in [0.2, 0.25) is 5.91 Å². The molecular weight excluding hydrogens is 434 g/mol. The highest BCUT2D eigenvalue weighted by Gasteiger charge is 2.37. The number of urea groups is 1. The number of piperidine rings is 2. The monoisotopic (exact) mass is 475 g/mol. The molecule has 5 nitrogen and oxygen atoms in total. The molecule has 188 valence electrons. The van der Waals surface area contributed by atoms with E-state index in [1.807, 2.05) is 4.90 Å². The molecule has 0 aromatic heterocycles. The summed E-state index contributed by atoms with van der Waals surface area (Å²) in [6.45, 7) is 7.05. The molecule has 0 saturated carbocycles. The summed E-state index contributed by atoms with van der Waals surface area (Å²) in [5.74, 6) is 0.759. The zero-order valence-corrected chi connectivity index (χ0v) is 21.4. The van der Waals surface area contributed by atoms with Crippen molar-refractivity contribution in [3.8, 4) is 0 Å². The maximum absolute atomic E-state index is 13.5. The first-order valence-corrected chi connectivity index (χ1v) is 13.5. The Morgan fingerprint density at radius 1 is 0.971 bits per heavy atom. The van der Waals surface area contributed by atoms with Gasteiger partial charge in [-0.1, -0.05) is 73.5 Å². The van der Waals surface area contributed by atoms with Gasteiger partial charge in [-0.3, -0.25) is 4.79 Å². The average molecular weight is 476 g/mol. The van der Waals surface area contributed by atoms with Gasteiger partial charge in [-0.2, -0.15) is 0 Å². The standard InChI is InChI=1S/C30H41N3O2/c1-3-4-17-31-30(35)33-22-27(13-14-28(33)26-12-8-9-23(2)20-26)29(34)32-18-15-25(16-19-32)21-24-10-6-5-7-11-24/h5-12,20,25,27-28H,3-4,13-19,21-22H2,1-2H3,(H,31,35). The third-order valence-electron chi connectivity index (χ3n) is 7.72. The minimum absolute atomic E-state index is 0.0252. The van der Waals surface area contributed by atoms with Crippen molar-refractivity contribution in [1.29, 1.82) is 0 Å². The van der Waals surface area contributed by atoms with E-state index in [4.69, 9.17) is 0 Å². The number of nitrogens with one attached hydrogen (secondary N) is 1. The highest BCUT2D eigenvalue weighted by Crippen LogP contribution is 2.35. The lowest BCUT2D eigenvalue weighted by molar-refractivity contribution is -0.138. The van der Waals surface area contributed by atoms with Gasteiger partial charge in [0, 0.05) is 26.2 Å². The summed E-state index contributed by atoms with van der Waals surface area (Å²) >= 11 is 0. The van der Waals surface area contributed by atoms with Gasteiger partial charge in [-0.15, -0.1) is 0 Å². The summed E-state index contributed by atoms with van der Waals surface area (Å²) in [5, 5.41) is 3.10. The molecule has 2 aliphatic heterocycles. The van der Waals surface area contributed by atoms with Gasteiger partial charge in [0.05, 0.1) is 12.0 Å². The summed E-state index contributed by atoms with van der Waals surface area (Å²) in [5.41, 5.74) is 3.75. The Morgan fingerprint density at radius 3 is 2.46 bits per heavy atom. The molecule has 4 rings (SSSR count). The van der Waals surface area contributed by atoms with Crippen molar-refractivity contribution in [3.63, 3.8) is 0 Å². The molecule has 5 heteroatoms.